The minimum Gasteiger partial charge on any atom is -0.353 e. The highest BCUT2D eigenvalue weighted by Gasteiger charge is 2.39. The summed E-state index contributed by atoms with van der Waals surface area (Å²) in [5, 5.41) is 3.34. The van der Waals surface area contributed by atoms with Gasteiger partial charge in [0.25, 0.3) is 0 Å². The van der Waals surface area contributed by atoms with Crippen molar-refractivity contribution in [1.29, 1.82) is 0 Å². The number of amides is 1. The van der Waals surface area contributed by atoms with Crippen LogP contribution in [0.15, 0.2) is 24.3 Å². The van der Waals surface area contributed by atoms with Crippen molar-refractivity contribution < 1.29 is 4.79 Å². The Hall–Kier alpha value is -1.06. The second-order valence-electron chi connectivity index (χ2n) is 7.45. The van der Waals surface area contributed by atoms with Crippen LogP contribution in [0.3, 0.4) is 0 Å². The highest BCUT2D eigenvalue weighted by Crippen LogP contribution is 2.39. The Bertz CT molecular complexity index is 517. The predicted octanol–water partition coefficient (Wildman–Crippen LogP) is 3.63. The third-order valence-corrected chi connectivity index (χ3v) is 5.78. The van der Waals surface area contributed by atoms with Gasteiger partial charge in [-0.2, -0.15) is 0 Å². The Morgan fingerprint density at radius 1 is 1.12 bits per heavy atom. The number of benzene rings is 1. The molecule has 3 N–H and O–H groups in total. The molecule has 2 unspecified atom stereocenters. The molecule has 1 aromatic rings. The van der Waals surface area contributed by atoms with E-state index < -0.39 is 0 Å². The van der Waals surface area contributed by atoms with Gasteiger partial charge in [0.2, 0.25) is 5.91 Å². The lowest BCUT2D eigenvalue weighted by atomic mass is 9.67. The van der Waals surface area contributed by atoms with Crippen LogP contribution in [0.4, 0.5) is 0 Å². The molecule has 0 heterocycles. The fraction of sp³-hybridized carbons (Fsp3) is 0.650. The summed E-state index contributed by atoms with van der Waals surface area (Å²) >= 11 is 0. The Balaban J connectivity index is 0.00000208. The molecule has 0 saturated heterocycles. The van der Waals surface area contributed by atoms with Crippen molar-refractivity contribution in [1.82, 2.24) is 5.32 Å². The van der Waals surface area contributed by atoms with Crippen molar-refractivity contribution in [2.24, 2.45) is 17.6 Å². The second-order valence-corrected chi connectivity index (χ2v) is 7.45. The van der Waals surface area contributed by atoms with Crippen molar-refractivity contribution in [3.63, 3.8) is 0 Å². The first-order valence-electron chi connectivity index (χ1n) is 9.28. The van der Waals surface area contributed by atoms with Crippen LogP contribution in [0.1, 0.15) is 56.6 Å². The zero-order valence-electron chi connectivity index (χ0n) is 14.7. The van der Waals surface area contributed by atoms with Crippen molar-refractivity contribution >= 4 is 18.3 Å². The fourth-order valence-corrected chi connectivity index (χ4v) is 4.48. The predicted molar refractivity (Wildman–Crippen MR) is 101 cm³/mol. The maximum atomic E-state index is 12.4. The molecule has 2 aliphatic carbocycles. The van der Waals surface area contributed by atoms with Gasteiger partial charge in [-0.25, -0.2) is 0 Å². The van der Waals surface area contributed by atoms with Crippen LogP contribution >= 0.6 is 12.4 Å². The van der Waals surface area contributed by atoms with Crippen LogP contribution in [-0.4, -0.2) is 18.0 Å². The summed E-state index contributed by atoms with van der Waals surface area (Å²) in [6.07, 6.45) is 8.41. The van der Waals surface area contributed by atoms with Gasteiger partial charge < -0.3 is 11.1 Å². The fourth-order valence-electron chi connectivity index (χ4n) is 4.48. The summed E-state index contributed by atoms with van der Waals surface area (Å²) in [6.45, 7) is 2.16. The van der Waals surface area contributed by atoms with Crippen molar-refractivity contribution in [3.05, 3.63) is 35.4 Å². The minimum absolute atomic E-state index is 0. The number of hydrogen-bond donors (Lipinski definition) is 2. The Morgan fingerprint density at radius 3 is 2.29 bits per heavy atom. The lowest BCUT2D eigenvalue weighted by Gasteiger charge is -2.45. The monoisotopic (exact) mass is 350 g/mol. The molecule has 2 bridgehead atoms. The number of halogens is 1. The number of aryl methyl sites for hydroxylation is 2. The molecule has 134 valence electrons. The van der Waals surface area contributed by atoms with E-state index in [9.17, 15) is 4.79 Å². The maximum absolute atomic E-state index is 12.4. The minimum atomic E-state index is 0. The third-order valence-electron chi connectivity index (χ3n) is 5.78. The second kappa shape index (κ2) is 8.87. The van der Waals surface area contributed by atoms with Gasteiger partial charge in [-0.05, 0) is 61.5 Å². The summed E-state index contributed by atoms with van der Waals surface area (Å²) in [5.74, 6) is 1.41. The van der Waals surface area contributed by atoms with Crippen LogP contribution in [-0.2, 0) is 17.6 Å². The van der Waals surface area contributed by atoms with Gasteiger partial charge in [0.05, 0.1) is 0 Å². The molecule has 0 radical (unpaired) electrons. The first kappa shape index (κ1) is 19.3. The summed E-state index contributed by atoms with van der Waals surface area (Å²) in [7, 11) is 0. The molecular formula is C20H31ClN2O. The lowest BCUT2D eigenvalue weighted by Crippen LogP contribution is -2.53. The Labute approximate surface area is 152 Å². The zero-order valence-corrected chi connectivity index (χ0v) is 15.5. The van der Waals surface area contributed by atoms with Gasteiger partial charge >= 0.3 is 0 Å². The van der Waals surface area contributed by atoms with E-state index >= 15 is 0 Å². The van der Waals surface area contributed by atoms with Crippen molar-refractivity contribution in [2.75, 3.05) is 0 Å². The molecule has 1 aromatic carbocycles. The molecule has 3 nitrogen and oxygen atoms in total. The van der Waals surface area contributed by atoms with Gasteiger partial charge in [-0.3, -0.25) is 4.79 Å². The summed E-state index contributed by atoms with van der Waals surface area (Å²) in [4.78, 5) is 12.4. The van der Waals surface area contributed by atoms with E-state index in [0.29, 0.717) is 30.3 Å². The first-order valence-corrected chi connectivity index (χ1v) is 9.28. The van der Waals surface area contributed by atoms with Crippen LogP contribution in [0.2, 0.25) is 0 Å². The van der Waals surface area contributed by atoms with Crippen LogP contribution in [0.5, 0.6) is 0 Å². The number of hydrogen-bond acceptors (Lipinski definition) is 2. The standard InChI is InChI=1S/C20H30N2O.ClH/c1-2-14-6-8-15(9-7-14)10-11-19(23)22-20-16-4-3-5-17(20)13-18(21)12-16;/h6-9,16-18,20H,2-5,10-13,21H2,1H3,(H,22,23);1H. The molecule has 4 heteroatoms. The van der Waals surface area contributed by atoms with Gasteiger partial charge in [0.1, 0.15) is 0 Å². The summed E-state index contributed by atoms with van der Waals surface area (Å²) < 4.78 is 0. The van der Waals surface area contributed by atoms with E-state index in [4.69, 9.17) is 5.73 Å². The van der Waals surface area contributed by atoms with E-state index in [1.165, 1.54) is 30.4 Å². The Morgan fingerprint density at radius 2 is 1.71 bits per heavy atom. The van der Waals surface area contributed by atoms with Crippen LogP contribution in [0, 0.1) is 11.8 Å². The number of carbonyl (C=O) groups excluding carboxylic acids is 1. The van der Waals surface area contributed by atoms with Crippen molar-refractivity contribution in [3.8, 4) is 0 Å². The van der Waals surface area contributed by atoms with E-state index in [2.05, 4.69) is 36.5 Å². The van der Waals surface area contributed by atoms with Gasteiger partial charge in [-0.15, -0.1) is 12.4 Å². The van der Waals surface area contributed by atoms with Crippen LogP contribution < -0.4 is 11.1 Å². The SMILES string of the molecule is CCc1ccc(CCC(=O)NC2C3CCCC2CC(N)C3)cc1.Cl. The number of fused-ring (bicyclic) bond motifs is 2. The van der Waals surface area contributed by atoms with Crippen molar-refractivity contribution in [2.45, 2.75) is 70.4 Å². The highest BCUT2D eigenvalue weighted by molar-refractivity contribution is 5.85. The number of nitrogens with two attached hydrogens (primary N) is 1. The summed E-state index contributed by atoms with van der Waals surface area (Å²) in [5.41, 5.74) is 8.77. The molecule has 0 spiro atoms. The van der Waals surface area contributed by atoms with E-state index in [1.807, 2.05) is 0 Å². The van der Waals surface area contributed by atoms with Crippen LogP contribution in [0.25, 0.3) is 0 Å². The Kier molecular flexibility index (Phi) is 7.12. The van der Waals surface area contributed by atoms with Gasteiger partial charge in [0, 0.05) is 18.5 Å². The molecule has 2 saturated carbocycles. The average molecular weight is 351 g/mol. The molecule has 24 heavy (non-hydrogen) atoms. The molecule has 3 rings (SSSR count). The summed E-state index contributed by atoms with van der Waals surface area (Å²) in [6, 6.07) is 9.36. The van der Waals surface area contributed by atoms with E-state index in [0.717, 1.165) is 25.7 Å². The average Bonchev–Trinajstić information content (AvgIpc) is 2.54. The third kappa shape index (κ3) is 4.73. The van der Waals surface area contributed by atoms with Gasteiger partial charge in [0.15, 0.2) is 0 Å². The first-order chi connectivity index (χ1) is 11.2. The number of carbonyl (C=O) groups is 1. The highest BCUT2D eigenvalue weighted by atomic mass is 35.5. The normalized spacial score (nSPS) is 28.8. The van der Waals surface area contributed by atoms with E-state index in [-0.39, 0.29) is 18.3 Å². The molecule has 0 aromatic heterocycles. The molecule has 2 aliphatic rings. The molecular weight excluding hydrogens is 320 g/mol. The molecule has 1 amide bonds. The lowest BCUT2D eigenvalue weighted by molar-refractivity contribution is -0.123. The molecule has 0 aliphatic heterocycles. The van der Waals surface area contributed by atoms with E-state index in [1.54, 1.807) is 0 Å². The molecule has 2 atom stereocenters. The smallest absolute Gasteiger partial charge is 0.220 e. The maximum Gasteiger partial charge on any atom is 0.220 e. The topological polar surface area (TPSA) is 55.1 Å². The molecule has 2 fully saturated rings. The number of rotatable bonds is 5. The quantitative estimate of drug-likeness (QED) is 0.852. The number of nitrogens with one attached hydrogen (secondary N) is 1. The van der Waals surface area contributed by atoms with Gasteiger partial charge in [-0.1, -0.05) is 37.6 Å². The zero-order chi connectivity index (χ0) is 16.2. The largest absolute Gasteiger partial charge is 0.353 e.